The van der Waals surface area contributed by atoms with Crippen LogP contribution in [0.4, 0.5) is 0 Å². The normalized spacial score (nSPS) is 16.4. The Hall–Kier alpha value is -2.94. The number of H-pyrrole nitrogens is 1. The lowest BCUT2D eigenvalue weighted by atomic mass is 9.99. The van der Waals surface area contributed by atoms with Gasteiger partial charge in [0.2, 0.25) is 0 Å². The highest BCUT2D eigenvalue weighted by molar-refractivity contribution is 5.83. The maximum atomic E-state index is 13.3. The zero-order chi connectivity index (χ0) is 22.2. The van der Waals surface area contributed by atoms with Crippen LogP contribution in [-0.4, -0.2) is 57.4 Å². The Bertz CT molecular complexity index is 1120. The number of methoxy groups -OCH3 is 2. The number of piperidine rings is 1. The first-order chi connectivity index (χ1) is 14.8. The molecule has 9 nitrogen and oxygen atoms in total. The highest BCUT2D eigenvalue weighted by Crippen LogP contribution is 2.34. The number of fused-ring (bicyclic) bond motifs is 1. The SMILES string of the molecule is COc1cc2cc([C@H](c3nnnn3C(C)(C)C)N3CCCCC3)c(=O)[nH]c2cc1OC. The summed E-state index contributed by atoms with van der Waals surface area (Å²) in [5.74, 6) is 1.87. The molecule has 0 aliphatic carbocycles. The smallest absolute Gasteiger partial charge is 0.253 e. The number of rotatable bonds is 5. The number of pyridine rings is 1. The number of ether oxygens (including phenoxy) is 2. The van der Waals surface area contributed by atoms with E-state index in [4.69, 9.17) is 9.47 Å². The molecule has 0 bridgehead atoms. The van der Waals surface area contributed by atoms with E-state index >= 15 is 0 Å². The predicted molar refractivity (Wildman–Crippen MR) is 118 cm³/mol. The van der Waals surface area contributed by atoms with Gasteiger partial charge in [-0.3, -0.25) is 9.69 Å². The molecular weight excluding hydrogens is 396 g/mol. The number of nitrogens with zero attached hydrogens (tertiary/aromatic N) is 5. The van der Waals surface area contributed by atoms with E-state index in [-0.39, 0.29) is 17.1 Å². The largest absolute Gasteiger partial charge is 0.493 e. The Balaban J connectivity index is 1.92. The van der Waals surface area contributed by atoms with E-state index in [0.29, 0.717) is 28.4 Å². The number of aromatic nitrogens is 5. The standard InChI is InChI=1S/C22H30N6O3/c1-22(2,3)28-20(24-25-26-28)19(27-9-7-6-8-10-27)15-11-14-12-17(30-4)18(31-5)13-16(14)23-21(15)29/h11-13,19H,6-10H2,1-5H3,(H,23,29)/t19-/m1/s1. The third-order valence-electron chi connectivity index (χ3n) is 5.80. The molecule has 1 N–H and O–H groups in total. The summed E-state index contributed by atoms with van der Waals surface area (Å²) in [6, 6.07) is 5.26. The Morgan fingerprint density at radius 3 is 2.35 bits per heavy atom. The monoisotopic (exact) mass is 426 g/mol. The van der Waals surface area contributed by atoms with Crippen LogP contribution < -0.4 is 15.0 Å². The van der Waals surface area contributed by atoms with Crippen LogP contribution in [0.15, 0.2) is 23.0 Å². The van der Waals surface area contributed by atoms with Crippen LogP contribution >= 0.6 is 0 Å². The van der Waals surface area contributed by atoms with Crippen LogP contribution in [0.5, 0.6) is 11.5 Å². The van der Waals surface area contributed by atoms with Gasteiger partial charge in [0.1, 0.15) is 6.04 Å². The average Bonchev–Trinajstić information content (AvgIpc) is 3.24. The van der Waals surface area contributed by atoms with Gasteiger partial charge in [-0.2, -0.15) is 0 Å². The van der Waals surface area contributed by atoms with Crippen molar-refractivity contribution in [3.8, 4) is 11.5 Å². The van der Waals surface area contributed by atoms with Crippen molar-refractivity contribution in [1.82, 2.24) is 30.1 Å². The van der Waals surface area contributed by atoms with Crippen LogP contribution in [0.3, 0.4) is 0 Å². The van der Waals surface area contributed by atoms with Gasteiger partial charge in [0, 0.05) is 17.0 Å². The summed E-state index contributed by atoms with van der Waals surface area (Å²) in [6.45, 7) is 7.96. The zero-order valence-corrected chi connectivity index (χ0v) is 18.8. The number of hydrogen-bond donors (Lipinski definition) is 1. The molecule has 0 radical (unpaired) electrons. The Labute approximate surface area is 181 Å². The van der Waals surface area contributed by atoms with Crippen molar-refractivity contribution >= 4 is 10.9 Å². The summed E-state index contributed by atoms with van der Waals surface area (Å²) in [7, 11) is 3.18. The van der Waals surface area contributed by atoms with Crippen LogP contribution in [0.25, 0.3) is 10.9 Å². The molecule has 3 heterocycles. The lowest BCUT2D eigenvalue weighted by Gasteiger charge is -2.35. The van der Waals surface area contributed by atoms with Crippen molar-refractivity contribution in [2.24, 2.45) is 0 Å². The highest BCUT2D eigenvalue weighted by atomic mass is 16.5. The summed E-state index contributed by atoms with van der Waals surface area (Å²) < 4.78 is 12.7. The number of nitrogens with one attached hydrogen (secondary N) is 1. The van der Waals surface area contributed by atoms with Gasteiger partial charge in [0.15, 0.2) is 17.3 Å². The van der Waals surface area contributed by atoms with Gasteiger partial charge >= 0.3 is 0 Å². The first kappa shape index (κ1) is 21.3. The van der Waals surface area contributed by atoms with Gasteiger partial charge in [-0.1, -0.05) is 6.42 Å². The molecule has 9 heteroatoms. The third kappa shape index (κ3) is 4.01. The molecule has 2 aromatic heterocycles. The fourth-order valence-corrected chi connectivity index (χ4v) is 4.27. The van der Waals surface area contributed by atoms with Gasteiger partial charge in [-0.15, -0.1) is 5.10 Å². The lowest BCUT2D eigenvalue weighted by molar-refractivity contribution is 0.170. The quantitative estimate of drug-likeness (QED) is 0.670. The number of tetrazole rings is 1. The number of aromatic amines is 1. The minimum atomic E-state index is -0.337. The number of benzene rings is 1. The maximum Gasteiger partial charge on any atom is 0.253 e. The molecule has 0 unspecified atom stereocenters. The number of hydrogen-bond acceptors (Lipinski definition) is 7. The van der Waals surface area contributed by atoms with Gasteiger partial charge in [0.25, 0.3) is 5.56 Å². The van der Waals surface area contributed by atoms with Gasteiger partial charge in [0.05, 0.1) is 25.3 Å². The molecule has 3 aromatic rings. The summed E-state index contributed by atoms with van der Waals surface area (Å²) in [5.41, 5.74) is 0.854. The molecule has 166 valence electrons. The summed E-state index contributed by atoms with van der Waals surface area (Å²) in [4.78, 5) is 18.6. The molecule has 1 atom stereocenters. The first-order valence-electron chi connectivity index (χ1n) is 10.6. The maximum absolute atomic E-state index is 13.3. The molecule has 0 amide bonds. The summed E-state index contributed by atoms with van der Waals surface area (Å²) >= 11 is 0. The molecule has 4 rings (SSSR count). The van der Waals surface area contributed by atoms with Crippen molar-refractivity contribution in [1.29, 1.82) is 0 Å². The van der Waals surface area contributed by atoms with Crippen LogP contribution in [0.1, 0.15) is 57.5 Å². The summed E-state index contributed by atoms with van der Waals surface area (Å²) in [5, 5.41) is 13.5. The van der Waals surface area contributed by atoms with Gasteiger partial charge in [-0.25, -0.2) is 4.68 Å². The summed E-state index contributed by atoms with van der Waals surface area (Å²) in [6.07, 6.45) is 3.37. The van der Waals surface area contributed by atoms with Crippen LogP contribution in [-0.2, 0) is 5.54 Å². The molecule has 1 aromatic carbocycles. The molecule has 0 saturated carbocycles. The van der Waals surface area contributed by atoms with Crippen LogP contribution in [0, 0.1) is 0 Å². The van der Waals surface area contributed by atoms with E-state index in [1.807, 2.05) is 16.8 Å². The van der Waals surface area contributed by atoms with Crippen LogP contribution in [0.2, 0.25) is 0 Å². The fraction of sp³-hybridized carbons (Fsp3) is 0.545. The second kappa shape index (κ2) is 8.30. The Kier molecular flexibility index (Phi) is 5.70. The molecular formula is C22H30N6O3. The first-order valence-corrected chi connectivity index (χ1v) is 10.6. The second-order valence-corrected chi connectivity index (χ2v) is 8.97. The van der Waals surface area contributed by atoms with E-state index in [1.54, 1.807) is 20.3 Å². The predicted octanol–water partition coefficient (Wildman–Crippen LogP) is 2.86. The van der Waals surface area contributed by atoms with Crippen molar-refractivity contribution < 1.29 is 9.47 Å². The molecule has 31 heavy (non-hydrogen) atoms. The highest BCUT2D eigenvalue weighted by Gasteiger charge is 2.33. The second-order valence-electron chi connectivity index (χ2n) is 8.97. The van der Waals surface area contributed by atoms with Crippen molar-refractivity contribution in [2.45, 2.75) is 51.6 Å². The molecule has 1 fully saturated rings. The van der Waals surface area contributed by atoms with E-state index in [1.165, 1.54) is 6.42 Å². The minimum absolute atomic E-state index is 0.154. The van der Waals surface area contributed by atoms with E-state index < -0.39 is 0 Å². The molecule has 1 aliphatic heterocycles. The van der Waals surface area contributed by atoms with Gasteiger partial charge < -0.3 is 14.5 Å². The Morgan fingerprint density at radius 2 is 1.71 bits per heavy atom. The Morgan fingerprint density at radius 1 is 1.03 bits per heavy atom. The fourth-order valence-electron chi connectivity index (χ4n) is 4.27. The van der Waals surface area contributed by atoms with Gasteiger partial charge in [-0.05, 0) is 69.3 Å². The molecule has 0 spiro atoms. The minimum Gasteiger partial charge on any atom is -0.493 e. The van der Waals surface area contributed by atoms with E-state index in [2.05, 4.69) is 46.2 Å². The topological polar surface area (TPSA) is 98.2 Å². The molecule has 1 saturated heterocycles. The van der Waals surface area contributed by atoms with Crippen molar-refractivity contribution in [3.63, 3.8) is 0 Å². The molecule has 1 aliphatic rings. The van der Waals surface area contributed by atoms with E-state index in [9.17, 15) is 4.79 Å². The third-order valence-corrected chi connectivity index (χ3v) is 5.80. The van der Waals surface area contributed by atoms with Crippen molar-refractivity contribution in [2.75, 3.05) is 27.3 Å². The zero-order valence-electron chi connectivity index (χ0n) is 18.8. The lowest BCUT2D eigenvalue weighted by Crippen LogP contribution is -2.40. The van der Waals surface area contributed by atoms with E-state index in [0.717, 1.165) is 31.3 Å². The average molecular weight is 427 g/mol. The number of likely N-dealkylation sites (tertiary alicyclic amines) is 1. The van der Waals surface area contributed by atoms with Crippen molar-refractivity contribution in [3.05, 3.63) is 39.9 Å².